The highest BCUT2D eigenvalue weighted by atomic mass is 16.1. The zero-order valence-electron chi connectivity index (χ0n) is 13.8. The molecule has 0 saturated carbocycles. The molecule has 1 heterocycles. The quantitative estimate of drug-likeness (QED) is 0.744. The largest absolute Gasteiger partial charge is 0.338 e. The van der Waals surface area contributed by atoms with Crippen LogP contribution < -0.4 is 5.32 Å². The Kier molecular flexibility index (Phi) is 4.20. The lowest BCUT2D eigenvalue weighted by atomic mass is 10.0. The molecule has 0 saturated heterocycles. The standard InChI is InChI=1S/C20H22N2O/c1-14(2)16-6-9-19-17(12-16)10-11-22(19)13-20(23)21-18-7-4-15(3)5-8-18/h4-12,14H,13H2,1-3H3,(H,21,23). The molecule has 3 aromatic rings. The Balaban J connectivity index is 1.76. The number of aryl methyl sites for hydroxylation is 1. The summed E-state index contributed by atoms with van der Waals surface area (Å²) in [5.74, 6) is 0.492. The summed E-state index contributed by atoms with van der Waals surface area (Å²) in [7, 11) is 0. The van der Waals surface area contributed by atoms with Crippen LogP contribution in [0.15, 0.2) is 54.7 Å². The van der Waals surface area contributed by atoms with Crippen LogP contribution in [0, 0.1) is 6.92 Å². The molecule has 3 heteroatoms. The van der Waals surface area contributed by atoms with E-state index in [1.165, 1.54) is 16.5 Å². The summed E-state index contributed by atoms with van der Waals surface area (Å²) in [6.45, 7) is 6.72. The number of aromatic nitrogens is 1. The number of hydrogen-bond donors (Lipinski definition) is 1. The Morgan fingerprint density at radius 3 is 2.52 bits per heavy atom. The van der Waals surface area contributed by atoms with Crippen molar-refractivity contribution >= 4 is 22.5 Å². The Morgan fingerprint density at radius 2 is 1.83 bits per heavy atom. The first kappa shape index (κ1) is 15.3. The van der Waals surface area contributed by atoms with Crippen molar-refractivity contribution in [3.63, 3.8) is 0 Å². The van der Waals surface area contributed by atoms with E-state index in [-0.39, 0.29) is 5.91 Å². The number of carbonyl (C=O) groups is 1. The van der Waals surface area contributed by atoms with E-state index in [2.05, 4.69) is 43.4 Å². The molecule has 0 bridgehead atoms. The van der Waals surface area contributed by atoms with E-state index < -0.39 is 0 Å². The summed E-state index contributed by atoms with van der Waals surface area (Å²) in [6.07, 6.45) is 1.98. The summed E-state index contributed by atoms with van der Waals surface area (Å²) in [5, 5.41) is 4.12. The molecule has 1 aromatic heterocycles. The van der Waals surface area contributed by atoms with Gasteiger partial charge in [0.2, 0.25) is 5.91 Å². The van der Waals surface area contributed by atoms with Crippen molar-refractivity contribution in [2.45, 2.75) is 33.2 Å². The zero-order valence-corrected chi connectivity index (χ0v) is 13.8. The third-order valence-corrected chi connectivity index (χ3v) is 4.11. The minimum absolute atomic E-state index is 0.0145. The van der Waals surface area contributed by atoms with Gasteiger partial charge in [0.1, 0.15) is 6.54 Å². The van der Waals surface area contributed by atoms with Crippen molar-refractivity contribution in [2.75, 3.05) is 5.32 Å². The van der Waals surface area contributed by atoms with Crippen LogP contribution in [0.3, 0.4) is 0 Å². The monoisotopic (exact) mass is 306 g/mol. The number of nitrogens with one attached hydrogen (secondary N) is 1. The average Bonchev–Trinajstić information content (AvgIpc) is 2.92. The molecule has 0 fully saturated rings. The molecule has 118 valence electrons. The van der Waals surface area contributed by atoms with E-state index in [9.17, 15) is 4.79 Å². The van der Waals surface area contributed by atoms with E-state index in [0.29, 0.717) is 12.5 Å². The molecule has 3 rings (SSSR count). The van der Waals surface area contributed by atoms with Gasteiger partial charge in [-0.05, 0) is 54.1 Å². The van der Waals surface area contributed by atoms with E-state index in [1.54, 1.807) is 0 Å². The van der Waals surface area contributed by atoms with Crippen molar-refractivity contribution < 1.29 is 4.79 Å². The molecule has 2 aromatic carbocycles. The van der Waals surface area contributed by atoms with Gasteiger partial charge in [-0.25, -0.2) is 0 Å². The van der Waals surface area contributed by atoms with Crippen molar-refractivity contribution in [1.29, 1.82) is 0 Å². The van der Waals surface area contributed by atoms with E-state index in [1.807, 2.05) is 42.0 Å². The second-order valence-corrected chi connectivity index (χ2v) is 6.33. The number of anilines is 1. The molecule has 0 unspecified atom stereocenters. The molecule has 0 radical (unpaired) electrons. The fraction of sp³-hybridized carbons (Fsp3) is 0.250. The maximum atomic E-state index is 12.3. The molecule has 0 spiro atoms. The lowest BCUT2D eigenvalue weighted by Gasteiger charge is -2.09. The Bertz CT molecular complexity index is 828. The van der Waals surface area contributed by atoms with Gasteiger partial charge in [-0.15, -0.1) is 0 Å². The Hall–Kier alpha value is -2.55. The lowest BCUT2D eigenvalue weighted by Crippen LogP contribution is -2.18. The fourth-order valence-corrected chi connectivity index (χ4v) is 2.71. The van der Waals surface area contributed by atoms with Gasteiger partial charge >= 0.3 is 0 Å². The fourth-order valence-electron chi connectivity index (χ4n) is 2.71. The van der Waals surface area contributed by atoms with Gasteiger partial charge < -0.3 is 9.88 Å². The predicted molar refractivity (Wildman–Crippen MR) is 95.8 cm³/mol. The molecular weight excluding hydrogens is 284 g/mol. The summed E-state index contributed by atoms with van der Waals surface area (Å²) in [6, 6.07) is 16.4. The number of rotatable bonds is 4. The molecule has 0 atom stereocenters. The second kappa shape index (κ2) is 6.29. The number of fused-ring (bicyclic) bond motifs is 1. The van der Waals surface area contributed by atoms with Gasteiger partial charge in [-0.3, -0.25) is 4.79 Å². The van der Waals surface area contributed by atoms with Gasteiger partial charge in [0.05, 0.1) is 0 Å². The first-order valence-electron chi connectivity index (χ1n) is 7.98. The number of benzene rings is 2. The van der Waals surface area contributed by atoms with Crippen molar-refractivity contribution in [2.24, 2.45) is 0 Å². The van der Waals surface area contributed by atoms with Crippen LogP contribution >= 0.6 is 0 Å². The summed E-state index contributed by atoms with van der Waals surface area (Å²) < 4.78 is 1.99. The van der Waals surface area contributed by atoms with E-state index in [4.69, 9.17) is 0 Å². The van der Waals surface area contributed by atoms with Gasteiger partial charge in [-0.1, -0.05) is 37.6 Å². The highest BCUT2D eigenvalue weighted by Crippen LogP contribution is 2.22. The first-order valence-corrected chi connectivity index (χ1v) is 7.98. The van der Waals surface area contributed by atoms with Crippen LogP contribution in [0.25, 0.3) is 10.9 Å². The topological polar surface area (TPSA) is 34.0 Å². The van der Waals surface area contributed by atoms with Crippen molar-refractivity contribution in [3.8, 4) is 0 Å². The molecule has 0 aliphatic carbocycles. The van der Waals surface area contributed by atoms with Crippen molar-refractivity contribution in [3.05, 3.63) is 65.9 Å². The van der Waals surface area contributed by atoms with Gasteiger partial charge in [0.15, 0.2) is 0 Å². The maximum absolute atomic E-state index is 12.3. The minimum atomic E-state index is -0.0145. The van der Waals surface area contributed by atoms with Crippen LogP contribution in [0.1, 0.15) is 30.9 Å². The van der Waals surface area contributed by atoms with Crippen LogP contribution in [0.2, 0.25) is 0 Å². The predicted octanol–water partition coefficient (Wildman–Crippen LogP) is 4.71. The number of nitrogens with zero attached hydrogens (tertiary/aromatic N) is 1. The van der Waals surface area contributed by atoms with Crippen LogP contribution in [0.5, 0.6) is 0 Å². The molecular formula is C20H22N2O. The number of carbonyl (C=O) groups excluding carboxylic acids is 1. The summed E-state index contributed by atoms with van der Waals surface area (Å²) >= 11 is 0. The molecule has 0 aliphatic heterocycles. The van der Waals surface area contributed by atoms with Crippen LogP contribution in [-0.2, 0) is 11.3 Å². The van der Waals surface area contributed by atoms with Crippen LogP contribution in [-0.4, -0.2) is 10.5 Å². The summed E-state index contributed by atoms with van der Waals surface area (Å²) in [5.41, 5.74) is 4.42. The third-order valence-electron chi connectivity index (χ3n) is 4.11. The maximum Gasteiger partial charge on any atom is 0.244 e. The lowest BCUT2D eigenvalue weighted by molar-refractivity contribution is -0.116. The van der Waals surface area contributed by atoms with E-state index >= 15 is 0 Å². The third kappa shape index (κ3) is 3.45. The van der Waals surface area contributed by atoms with Crippen molar-refractivity contribution in [1.82, 2.24) is 4.57 Å². The molecule has 1 N–H and O–H groups in total. The average molecular weight is 306 g/mol. The highest BCUT2D eigenvalue weighted by molar-refractivity contribution is 5.92. The van der Waals surface area contributed by atoms with E-state index in [0.717, 1.165) is 11.2 Å². The smallest absolute Gasteiger partial charge is 0.244 e. The summed E-state index contributed by atoms with van der Waals surface area (Å²) in [4.78, 5) is 12.3. The Labute approximate surface area is 136 Å². The minimum Gasteiger partial charge on any atom is -0.338 e. The molecule has 3 nitrogen and oxygen atoms in total. The van der Waals surface area contributed by atoms with Gasteiger partial charge in [-0.2, -0.15) is 0 Å². The second-order valence-electron chi connectivity index (χ2n) is 6.33. The Morgan fingerprint density at radius 1 is 1.09 bits per heavy atom. The number of hydrogen-bond acceptors (Lipinski definition) is 1. The van der Waals surface area contributed by atoms with Gasteiger partial charge in [0.25, 0.3) is 0 Å². The molecule has 23 heavy (non-hydrogen) atoms. The first-order chi connectivity index (χ1) is 11.0. The molecule has 0 aliphatic rings. The normalized spacial score (nSPS) is 11.1. The van der Waals surface area contributed by atoms with Crippen LogP contribution in [0.4, 0.5) is 5.69 Å². The zero-order chi connectivity index (χ0) is 16.4. The SMILES string of the molecule is Cc1ccc(NC(=O)Cn2ccc3cc(C(C)C)ccc32)cc1. The molecule has 1 amide bonds. The number of amides is 1. The highest BCUT2D eigenvalue weighted by Gasteiger charge is 2.08. The van der Waals surface area contributed by atoms with Gasteiger partial charge in [0, 0.05) is 17.4 Å².